The molecule has 0 saturated carbocycles. The summed E-state index contributed by atoms with van der Waals surface area (Å²) in [7, 11) is 0. The Labute approximate surface area is 122 Å². The Kier molecular flexibility index (Phi) is 4.86. The quantitative estimate of drug-likeness (QED) is 0.900. The van der Waals surface area contributed by atoms with Crippen LogP contribution in [0.5, 0.6) is 5.75 Å². The molecule has 1 unspecified atom stereocenters. The van der Waals surface area contributed by atoms with Crippen LogP contribution in [0.25, 0.3) is 0 Å². The van der Waals surface area contributed by atoms with Gasteiger partial charge in [-0.25, -0.2) is 0 Å². The summed E-state index contributed by atoms with van der Waals surface area (Å²) in [6.45, 7) is 5.34. The molecule has 1 aromatic carbocycles. The van der Waals surface area contributed by atoms with Gasteiger partial charge in [0.25, 0.3) is 0 Å². The first-order valence-electron chi connectivity index (χ1n) is 6.83. The highest BCUT2D eigenvalue weighted by Crippen LogP contribution is 2.32. The summed E-state index contributed by atoms with van der Waals surface area (Å²) in [6.07, 6.45) is 2.91. The van der Waals surface area contributed by atoms with Crippen LogP contribution in [0.3, 0.4) is 0 Å². The molecule has 1 atom stereocenters. The highest BCUT2D eigenvalue weighted by Gasteiger charge is 2.18. The number of carbonyl (C=O) groups is 1. The second-order valence-electron chi connectivity index (χ2n) is 5.06. The molecule has 0 bridgehead atoms. The third-order valence-electron chi connectivity index (χ3n) is 3.45. The first-order chi connectivity index (χ1) is 9.11. The fourth-order valence-corrected chi connectivity index (χ4v) is 2.95. The molecule has 1 amide bonds. The highest BCUT2D eigenvalue weighted by atomic mass is 79.9. The number of halogens is 1. The van der Waals surface area contributed by atoms with Gasteiger partial charge in [-0.05, 0) is 24.1 Å². The van der Waals surface area contributed by atoms with E-state index in [0.717, 1.165) is 41.7 Å². The van der Waals surface area contributed by atoms with Gasteiger partial charge in [0.15, 0.2) is 0 Å². The fourth-order valence-electron chi connectivity index (χ4n) is 2.40. The van der Waals surface area contributed by atoms with Gasteiger partial charge in [0.1, 0.15) is 5.75 Å². The molecule has 0 radical (unpaired) electrons. The van der Waals surface area contributed by atoms with E-state index < -0.39 is 0 Å². The first-order valence-corrected chi connectivity index (χ1v) is 7.63. The van der Waals surface area contributed by atoms with Gasteiger partial charge in [0.2, 0.25) is 5.91 Å². The van der Waals surface area contributed by atoms with Gasteiger partial charge >= 0.3 is 0 Å². The van der Waals surface area contributed by atoms with Crippen LogP contribution in [0.1, 0.15) is 37.8 Å². The summed E-state index contributed by atoms with van der Waals surface area (Å²) >= 11 is 3.51. The monoisotopic (exact) mass is 325 g/mol. The van der Waals surface area contributed by atoms with E-state index in [9.17, 15) is 4.79 Å². The van der Waals surface area contributed by atoms with Crippen LogP contribution in [0.15, 0.2) is 16.6 Å². The molecule has 0 spiro atoms. The van der Waals surface area contributed by atoms with Gasteiger partial charge in [0.05, 0.1) is 6.61 Å². The zero-order valence-electron chi connectivity index (χ0n) is 11.5. The molecule has 0 aliphatic carbocycles. The van der Waals surface area contributed by atoms with E-state index in [-0.39, 0.29) is 11.8 Å². The second-order valence-corrected chi connectivity index (χ2v) is 5.97. The minimum atomic E-state index is 0.0751. The van der Waals surface area contributed by atoms with Crippen LogP contribution in [0.4, 0.5) is 0 Å². The summed E-state index contributed by atoms with van der Waals surface area (Å²) < 4.78 is 6.70. The molecular formula is C15H20BrNO2. The number of ether oxygens (including phenoxy) is 1. The summed E-state index contributed by atoms with van der Waals surface area (Å²) in [4.78, 5) is 11.9. The van der Waals surface area contributed by atoms with E-state index in [0.29, 0.717) is 6.54 Å². The molecule has 1 aliphatic heterocycles. The van der Waals surface area contributed by atoms with Crippen molar-refractivity contribution in [2.75, 3.05) is 6.61 Å². The molecule has 0 fully saturated rings. The van der Waals surface area contributed by atoms with Gasteiger partial charge in [-0.3, -0.25) is 4.79 Å². The summed E-state index contributed by atoms with van der Waals surface area (Å²) in [5.41, 5.74) is 2.28. The Morgan fingerprint density at radius 1 is 1.53 bits per heavy atom. The standard InChI is InChI=1S/C15H20BrNO2/c1-3-4-10(2)15(18)17-9-12-8-13(16)7-11-5-6-19-14(11)12/h7-8,10H,3-6,9H2,1-2H3,(H,17,18). The molecule has 1 aliphatic rings. The van der Waals surface area contributed by atoms with Crippen LogP contribution in [-0.2, 0) is 17.8 Å². The van der Waals surface area contributed by atoms with E-state index in [4.69, 9.17) is 4.74 Å². The number of hydrogen-bond acceptors (Lipinski definition) is 2. The van der Waals surface area contributed by atoms with E-state index in [1.165, 1.54) is 5.56 Å². The summed E-state index contributed by atoms with van der Waals surface area (Å²) in [6, 6.07) is 4.11. The van der Waals surface area contributed by atoms with Gasteiger partial charge in [-0.2, -0.15) is 0 Å². The lowest BCUT2D eigenvalue weighted by Gasteiger charge is -2.13. The maximum atomic E-state index is 11.9. The summed E-state index contributed by atoms with van der Waals surface area (Å²) in [5.74, 6) is 1.14. The van der Waals surface area contributed by atoms with Crippen LogP contribution >= 0.6 is 15.9 Å². The molecule has 1 heterocycles. The number of amides is 1. The Balaban J connectivity index is 2.02. The van der Waals surface area contributed by atoms with Gasteiger partial charge in [-0.1, -0.05) is 36.2 Å². The van der Waals surface area contributed by atoms with Crippen molar-refractivity contribution in [1.82, 2.24) is 5.32 Å². The van der Waals surface area contributed by atoms with Crippen LogP contribution < -0.4 is 10.1 Å². The Bertz CT molecular complexity index is 473. The second kappa shape index (κ2) is 6.42. The average molecular weight is 326 g/mol. The predicted molar refractivity (Wildman–Crippen MR) is 79.3 cm³/mol. The number of benzene rings is 1. The van der Waals surface area contributed by atoms with E-state index >= 15 is 0 Å². The highest BCUT2D eigenvalue weighted by molar-refractivity contribution is 9.10. The maximum absolute atomic E-state index is 11.9. The van der Waals surface area contributed by atoms with Crippen molar-refractivity contribution in [3.8, 4) is 5.75 Å². The van der Waals surface area contributed by atoms with E-state index in [2.05, 4.69) is 34.2 Å². The number of fused-ring (bicyclic) bond motifs is 1. The van der Waals surface area contributed by atoms with E-state index in [1.807, 2.05) is 13.0 Å². The van der Waals surface area contributed by atoms with Gasteiger partial charge in [0, 0.05) is 28.9 Å². The molecule has 4 heteroatoms. The number of rotatable bonds is 5. The number of hydrogen-bond donors (Lipinski definition) is 1. The Hall–Kier alpha value is -1.03. The molecule has 104 valence electrons. The predicted octanol–water partition coefficient (Wildman–Crippen LogP) is 3.44. The largest absolute Gasteiger partial charge is 0.493 e. The van der Waals surface area contributed by atoms with Crippen LogP contribution in [-0.4, -0.2) is 12.5 Å². The molecule has 0 aromatic heterocycles. The van der Waals surface area contributed by atoms with Crippen molar-refractivity contribution in [2.24, 2.45) is 5.92 Å². The molecular weight excluding hydrogens is 306 g/mol. The van der Waals surface area contributed by atoms with Crippen molar-refractivity contribution in [2.45, 2.75) is 39.7 Å². The number of carbonyl (C=O) groups excluding carboxylic acids is 1. The minimum absolute atomic E-state index is 0.0751. The Morgan fingerprint density at radius 2 is 2.32 bits per heavy atom. The lowest BCUT2D eigenvalue weighted by Crippen LogP contribution is -2.28. The normalized spacial score (nSPS) is 14.7. The third kappa shape index (κ3) is 3.50. The van der Waals surface area contributed by atoms with Gasteiger partial charge < -0.3 is 10.1 Å². The topological polar surface area (TPSA) is 38.3 Å². The molecule has 3 nitrogen and oxygen atoms in total. The maximum Gasteiger partial charge on any atom is 0.223 e. The zero-order valence-corrected chi connectivity index (χ0v) is 13.0. The van der Waals surface area contributed by atoms with Crippen molar-refractivity contribution < 1.29 is 9.53 Å². The summed E-state index contributed by atoms with van der Waals surface area (Å²) in [5, 5.41) is 3.00. The molecule has 19 heavy (non-hydrogen) atoms. The van der Waals surface area contributed by atoms with E-state index in [1.54, 1.807) is 0 Å². The smallest absolute Gasteiger partial charge is 0.223 e. The molecule has 0 saturated heterocycles. The lowest BCUT2D eigenvalue weighted by molar-refractivity contribution is -0.124. The first kappa shape index (κ1) is 14.4. The van der Waals surface area contributed by atoms with Crippen molar-refractivity contribution in [3.63, 3.8) is 0 Å². The Morgan fingerprint density at radius 3 is 3.05 bits per heavy atom. The third-order valence-corrected chi connectivity index (χ3v) is 3.91. The lowest BCUT2D eigenvalue weighted by atomic mass is 10.0. The molecule has 1 aromatic rings. The SMILES string of the molecule is CCCC(C)C(=O)NCc1cc(Br)cc2c1OCC2. The van der Waals surface area contributed by atoms with Crippen molar-refractivity contribution in [1.29, 1.82) is 0 Å². The van der Waals surface area contributed by atoms with Crippen molar-refractivity contribution >= 4 is 21.8 Å². The zero-order chi connectivity index (χ0) is 13.8. The fraction of sp³-hybridized carbons (Fsp3) is 0.533. The van der Waals surface area contributed by atoms with Crippen molar-refractivity contribution in [3.05, 3.63) is 27.7 Å². The number of nitrogens with one attached hydrogen (secondary N) is 1. The van der Waals surface area contributed by atoms with Crippen LogP contribution in [0, 0.1) is 5.92 Å². The van der Waals surface area contributed by atoms with Crippen LogP contribution in [0.2, 0.25) is 0 Å². The minimum Gasteiger partial charge on any atom is -0.493 e. The molecule has 1 N–H and O–H groups in total. The molecule has 2 rings (SSSR count). The van der Waals surface area contributed by atoms with Gasteiger partial charge in [-0.15, -0.1) is 0 Å². The average Bonchev–Trinajstić information content (AvgIpc) is 2.83.